The fourth-order valence-electron chi connectivity index (χ4n) is 2.72. The van der Waals surface area contributed by atoms with E-state index in [9.17, 15) is 24.6 Å². The van der Waals surface area contributed by atoms with Gasteiger partial charge >= 0.3 is 0 Å². The number of hydrogen-bond acceptors (Lipinski definition) is 5. The quantitative estimate of drug-likeness (QED) is 0.807. The molecule has 1 aliphatic carbocycles. The van der Waals surface area contributed by atoms with Crippen LogP contribution in [0.4, 0.5) is 5.69 Å². The largest absolute Gasteiger partial charge is 0.550 e. The van der Waals surface area contributed by atoms with Gasteiger partial charge in [0.15, 0.2) is 0 Å². The molecular weight excluding hydrogens is 274 g/mol. The minimum atomic E-state index is -1.40. The van der Waals surface area contributed by atoms with Gasteiger partial charge < -0.3 is 25.1 Å². The van der Waals surface area contributed by atoms with Crippen molar-refractivity contribution in [2.75, 3.05) is 5.32 Å². The Morgan fingerprint density at radius 2 is 1.62 bits per heavy atom. The zero-order valence-corrected chi connectivity index (χ0v) is 11.3. The zero-order chi connectivity index (χ0) is 15.4. The molecule has 1 aliphatic rings. The van der Waals surface area contributed by atoms with Crippen LogP contribution in [0.1, 0.15) is 36.0 Å². The van der Waals surface area contributed by atoms with Gasteiger partial charge in [-0.1, -0.05) is 31.0 Å². The Bertz CT molecular complexity index is 569. The Hall–Kier alpha value is -2.37. The van der Waals surface area contributed by atoms with E-state index < -0.39 is 29.7 Å². The Morgan fingerprint density at radius 1 is 1.00 bits per heavy atom. The summed E-state index contributed by atoms with van der Waals surface area (Å²) >= 11 is 0. The molecule has 1 N–H and O–H groups in total. The first-order valence-electron chi connectivity index (χ1n) is 6.83. The molecule has 6 nitrogen and oxygen atoms in total. The number of benzene rings is 1. The van der Waals surface area contributed by atoms with Gasteiger partial charge in [0.1, 0.15) is 0 Å². The molecule has 2 atom stereocenters. The highest BCUT2D eigenvalue weighted by atomic mass is 16.4. The molecule has 0 bridgehead atoms. The second kappa shape index (κ2) is 6.39. The van der Waals surface area contributed by atoms with Gasteiger partial charge in [-0.15, -0.1) is 0 Å². The number of para-hydroxylation sites is 1. The minimum absolute atomic E-state index is 0.116. The van der Waals surface area contributed by atoms with Crippen molar-refractivity contribution in [3.63, 3.8) is 0 Å². The number of carbonyl (C=O) groups is 3. The van der Waals surface area contributed by atoms with Crippen LogP contribution in [-0.4, -0.2) is 17.8 Å². The van der Waals surface area contributed by atoms with Crippen LogP contribution >= 0.6 is 0 Å². The van der Waals surface area contributed by atoms with Gasteiger partial charge in [-0.05, 0) is 18.9 Å². The monoisotopic (exact) mass is 289 g/mol. The normalized spacial score (nSPS) is 21.5. The highest BCUT2D eigenvalue weighted by Gasteiger charge is 2.32. The Morgan fingerprint density at radius 3 is 2.24 bits per heavy atom. The van der Waals surface area contributed by atoms with Crippen LogP contribution in [0.25, 0.3) is 0 Å². The Balaban J connectivity index is 2.17. The van der Waals surface area contributed by atoms with E-state index in [4.69, 9.17) is 0 Å². The predicted octanol–water partition coefficient (Wildman–Crippen LogP) is -0.455. The van der Waals surface area contributed by atoms with Crippen LogP contribution in [0.15, 0.2) is 24.3 Å². The minimum Gasteiger partial charge on any atom is -0.550 e. The van der Waals surface area contributed by atoms with Crippen molar-refractivity contribution in [1.82, 2.24) is 0 Å². The molecule has 1 aromatic rings. The number of carboxylic acid groups (broad SMARTS) is 2. The number of nitrogens with one attached hydrogen (secondary N) is 1. The number of anilines is 1. The van der Waals surface area contributed by atoms with Gasteiger partial charge in [-0.25, -0.2) is 0 Å². The molecule has 0 aliphatic heterocycles. The maximum atomic E-state index is 12.2. The number of aromatic carboxylic acids is 1. The molecule has 1 aromatic carbocycles. The van der Waals surface area contributed by atoms with Gasteiger partial charge in [0.25, 0.3) is 0 Å². The van der Waals surface area contributed by atoms with Gasteiger partial charge in [0.05, 0.1) is 5.97 Å². The number of hydrogen-bond donors (Lipinski definition) is 1. The molecule has 0 unspecified atom stereocenters. The average Bonchev–Trinajstić information content (AvgIpc) is 2.47. The van der Waals surface area contributed by atoms with Crippen LogP contribution in [0, 0.1) is 11.8 Å². The smallest absolute Gasteiger partial charge is 0.228 e. The fraction of sp³-hybridized carbons (Fsp3) is 0.400. The summed E-state index contributed by atoms with van der Waals surface area (Å²) < 4.78 is 0. The highest BCUT2D eigenvalue weighted by molar-refractivity contribution is 6.01. The molecule has 1 saturated carbocycles. The number of amides is 1. The Kier molecular flexibility index (Phi) is 4.57. The van der Waals surface area contributed by atoms with Gasteiger partial charge in [-0.2, -0.15) is 0 Å². The number of rotatable bonds is 4. The van der Waals surface area contributed by atoms with Crippen molar-refractivity contribution >= 4 is 23.5 Å². The molecule has 1 amide bonds. The lowest BCUT2D eigenvalue weighted by molar-refractivity contribution is -0.313. The van der Waals surface area contributed by atoms with E-state index in [1.165, 1.54) is 18.2 Å². The lowest BCUT2D eigenvalue weighted by atomic mass is 9.78. The topological polar surface area (TPSA) is 109 Å². The van der Waals surface area contributed by atoms with E-state index in [1.807, 2.05) is 0 Å². The lowest BCUT2D eigenvalue weighted by Crippen LogP contribution is -2.42. The van der Waals surface area contributed by atoms with Crippen LogP contribution in [0.2, 0.25) is 0 Å². The summed E-state index contributed by atoms with van der Waals surface area (Å²) in [6, 6.07) is 5.87. The Labute approximate surface area is 121 Å². The highest BCUT2D eigenvalue weighted by Crippen LogP contribution is 2.31. The maximum Gasteiger partial charge on any atom is 0.228 e. The third-order valence-electron chi connectivity index (χ3n) is 3.81. The van der Waals surface area contributed by atoms with Crippen LogP contribution < -0.4 is 15.5 Å². The first-order chi connectivity index (χ1) is 10.0. The fourth-order valence-corrected chi connectivity index (χ4v) is 2.72. The molecule has 2 rings (SSSR count). The van der Waals surface area contributed by atoms with Crippen LogP contribution in [0.3, 0.4) is 0 Å². The molecule has 112 valence electrons. The van der Waals surface area contributed by atoms with Crippen molar-refractivity contribution in [3.05, 3.63) is 29.8 Å². The second-order valence-electron chi connectivity index (χ2n) is 5.14. The predicted molar refractivity (Wildman–Crippen MR) is 69.9 cm³/mol. The SMILES string of the molecule is O=C([O-])c1ccccc1NC(=O)[C@@H]1CCCC[C@H]1C(=O)[O-]. The van der Waals surface area contributed by atoms with Gasteiger partial charge in [0, 0.05) is 29.1 Å². The third-order valence-corrected chi connectivity index (χ3v) is 3.81. The van der Waals surface area contributed by atoms with Crippen LogP contribution in [-0.2, 0) is 9.59 Å². The van der Waals surface area contributed by atoms with Crippen molar-refractivity contribution < 1.29 is 24.6 Å². The van der Waals surface area contributed by atoms with E-state index in [-0.39, 0.29) is 11.3 Å². The number of carboxylic acids is 2. The molecule has 21 heavy (non-hydrogen) atoms. The van der Waals surface area contributed by atoms with E-state index in [1.54, 1.807) is 6.07 Å². The summed E-state index contributed by atoms with van der Waals surface area (Å²) in [6.45, 7) is 0. The first kappa shape index (κ1) is 15.0. The summed E-state index contributed by atoms with van der Waals surface area (Å²) in [6.07, 6.45) is 2.38. The molecule has 0 aromatic heterocycles. The maximum absolute atomic E-state index is 12.2. The van der Waals surface area contributed by atoms with Crippen molar-refractivity contribution in [3.8, 4) is 0 Å². The van der Waals surface area contributed by atoms with E-state index >= 15 is 0 Å². The molecule has 0 spiro atoms. The lowest BCUT2D eigenvalue weighted by Gasteiger charge is -2.31. The molecule has 0 radical (unpaired) electrons. The van der Waals surface area contributed by atoms with Crippen molar-refractivity contribution in [1.29, 1.82) is 0 Å². The summed E-state index contributed by atoms with van der Waals surface area (Å²) in [4.78, 5) is 34.3. The molecule has 6 heteroatoms. The molecule has 1 fully saturated rings. The van der Waals surface area contributed by atoms with Gasteiger partial charge in [0.2, 0.25) is 5.91 Å². The average molecular weight is 289 g/mol. The third kappa shape index (κ3) is 3.39. The van der Waals surface area contributed by atoms with Crippen LogP contribution in [0.5, 0.6) is 0 Å². The van der Waals surface area contributed by atoms with E-state index in [0.717, 1.165) is 12.8 Å². The number of carbonyl (C=O) groups excluding carboxylic acids is 3. The van der Waals surface area contributed by atoms with E-state index in [0.29, 0.717) is 12.8 Å². The molecule has 0 heterocycles. The summed E-state index contributed by atoms with van der Waals surface area (Å²) in [5.74, 6) is -4.64. The second-order valence-corrected chi connectivity index (χ2v) is 5.14. The van der Waals surface area contributed by atoms with Gasteiger partial charge in [-0.3, -0.25) is 4.79 Å². The molecular formula is C15H15NO5-2. The molecule has 0 saturated heterocycles. The summed E-state index contributed by atoms with van der Waals surface area (Å²) in [5, 5.41) is 24.6. The first-order valence-corrected chi connectivity index (χ1v) is 6.83. The summed E-state index contributed by atoms with van der Waals surface area (Å²) in [5.41, 5.74) is -0.0168. The van der Waals surface area contributed by atoms with Crippen molar-refractivity contribution in [2.45, 2.75) is 25.7 Å². The van der Waals surface area contributed by atoms with E-state index in [2.05, 4.69) is 5.32 Å². The van der Waals surface area contributed by atoms with Crippen molar-refractivity contribution in [2.24, 2.45) is 11.8 Å². The number of aliphatic carboxylic acids is 1. The standard InChI is InChI=1S/C15H17NO5/c17-13(9-5-1-2-6-10(9)14(18)19)16-12-8-4-3-7-11(12)15(20)21/h3-4,7-10H,1-2,5-6H2,(H,16,17)(H,18,19)(H,20,21)/p-2/t9-,10-/m1/s1. The zero-order valence-electron chi connectivity index (χ0n) is 11.3. The summed E-state index contributed by atoms with van der Waals surface area (Å²) in [7, 11) is 0.